The largest absolute Gasteiger partial charge is 0.493 e. The normalized spacial score (nSPS) is 14.7. The average Bonchev–Trinajstić information content (AvgIpc) is 2.83. The number of methoxy groups -OCH3 is 1. The van der Waals surface area contributed by atoms with E-state index < -0.39 is 36.3 Å². The number of hydrogen-bond acceptors (Lipinski definition) is 7. The Labute approximate surface area is 200 Å². The summed E-state index contributed by atoms with van der Waals surface area (Å²) in [5, 5.41) is 2.46. The van der Waals surface area contributed by atoms with Crippen LogP contribution in [0.3, 0.4) is 0 Å². The Kier molecular flexibility index (Phi) is 8.44. The van der Waals surface area contributed by atoms with Crippen LogP contribution in [0.15, 0.2) is 36.4 Å². The lowest BCUT2D eigenvalue weighted by Gasteiger charge is -2.31. The van der Waals surface area contributed by atoms with Gasteiger partial charge in [0.1, 0.15) is 0 Å². The van der Waals surface area contributed by atoms with Crippen molar-refractivity contribution >= 4 is 23.3 Å². The van der Waals surface area contributed by atoms with Crippen LogP contribution in [0.1, 0.15) is 18.1 Å². The summed E-state index contributed by atoms with van der Waals surface area (Å²) in [5.41, 5.74) is 0.418. The van der Waals surface area contributed by atoms with E-state index in [0.717, 1.165) is 17.7 Å². The Balaban J connectivity index is 1.66. The number of amides is 1. The van der Waals surface area contributed by atoms with Crippen molar-refractivity contribution in [1.82, 2.24) is 0 Å². The zero-order valence-electron chi connectivity index (χ0n) is 19.6. The molecule has 11 heteroatoms. The van der Waals surface area contributed by atoms with Crippen LogP contribution in [-0.4, -0.2) is 58.0 Å². The van der Waals surface area contributed by atoms with Crippen LogP contribution in [-0.2, 0) is 25.2 Å². The van der Waals surface area contributed by atoms with Crippen molar-refractivity contribution in [3.63, 3.8) is 0 Å². The number of nitrogens with one attached hydrogen (secondary N) is 1. The molecule has 0 bridgehead atoms. The van der Waals surface area contributed by atoms with E-state index in [4.69, 9.17) is 18.9 Å². The van der Waals surface area contributed by atoms with Gasteiger partial charge in [-0.1, -0.05) is 6.07 Å². The van der Waals surface area contributed by atoms with Crippen LogP contribution in [0.25, 0.3) is 0 Å². The van der Waals surface area contributed by atoms with Gasteiger partial charge in [0.15, 0.2) is 24.2 Å². The first-order chi connectivity index (χ1) is 16.6. The molecule has 1 aliphatic heterocycles. The van der Waals surface area contributed by atoms with Gasteiger partial charge in [-0.15, -0.1) is 0 Å². The summed E-state index contributed by atoms with van der Waals surface area (Å²) in [4.78, 5) is 26.7. The minimum Gasteiger partial charge on any atom is -0.493 e. The molecule has 1 heterocycles. The molecule has 8 nitrogen and oxygen atoms in total. The standard InChI is InChI=1S/C24H27F3N2O6/c1-15-4-7-20(21(12-15)32-3)34-14-22(30)35-16(2)23(31)28-18-13-17(24(25,26)27)5-6-19(18)29-8-10-33-11-9-29/h4-7,12-13,16H,8-11,14H2,1-3H3,(H,28,31). The number of esters is 1. The van der Waals surface area contributed by atoms with E-state index in [9.17, 15) is 22.8 Å². The molecule has 1 aliphatic rings. The third-order valence-electron chi connectivity index (χ3n) is 5.28. The number of aryl methyl sites for hydroxylation is 1. The second-order valence-corrected chi connectivity index (χ2v) is 7.89. The molecular formula is C24H27F3N2O6. The van der Waals surface area contributed by atoms with Gasteiger partial charge >= 0.3 is 12.1 Å². The molecule has 35 heavy (non-hydrogen) atoms. The lowest BCUT2D eigenvalue weighted by molar-refractivity contribution is -0.155. The number of benzene rings is 2. The SMILES string of the molecule is COc1cc(C)ccc1OCC(=O)OC(C)C(=O)Nc1cc(C(F)(F)F)ccc1N1CCOCC1. The summed E-state index contributed by atoms with van der Waals surface area (Å²) in [6.45, 7) is 4.44. The van der Waals surface area contributed by atoms with Crippen molar-refractivity contribution < 1.29 is 41.7 Å². The molecule has 190 valence electrons. The summed E-state index contributed by atoms with van der Waals surface area (Å²) in [6.07, 6.45) is -5.87. The van der Waals surface area contributed by atoms with Crippen LogP contribution in [0.5, 0.6) is 11.5 Å². The molecular weight excluding hydrogens is 469 g/mol. The number of anilines is 2. The highest BCUT2D eigenvalue weighted by atomic mass is 19.4. The van der Waals surface area contributed by atoms with Crippen LogP contribution >= 0.6 is 0 Å². The lowest BCUT2D eigenvalue weighted by atomic mass is 10.1. The van der Waals surface area contributed by atoms with Gasteiger partial charge in [-0.3, -0.25) is 4.79 Å². The van der Waals surface area contributed by atoms with Gasteiger partial charge in [0.05, 0.1) is 37.3 Å². The topological polar surface area (TPSA) is 86.3 Å². The second kappa shape index (κ2) is 11.3. The molecule has 0 aliphatic carbocycles. The van der Waals surface area contributed by atoms with E-state index in [1.54, 1.807) is 18.2 Å². The van der Waals surface area contributed by atoms with Gasteiger partial charge in [0.2, 0.25) is 0 Å². The number of carbonyl (C=O) groups excluding carboxylic acids is 2. The van der Waals surface area contributed by atoms with E-state index in [1.807, 2.05) is 11.8 Å². The maximum atomic E-state index is 13.3. The molecule has 0 aromatic heterocycles. The quantitative estimate of drug-likeness (QED) is 0.557. The second-order valence-electron chi connectivity index (χ2n) is 7.89. The zero-order valence-corrected chi connectivity index (χ0v) is 19.6. The van der Waals surface area contributed by atoms with Crippen molar-refractivity contribution in [3.8, 4) is 11.5 Å². The number of hydrogen-bond donors (Lipinski definition) is 1. The average molecular weight is 496 g/mol. The van der Waals surface area contributed by atoms with Crippen LogP contribution < -0.4 is 19.7 Å². The van der Waals surface area contributed by atoms with Gasteiger partial charge in [-0.2, -0.15) is 13.2 Å². The first-order valence-corrected chi connectivity index (χ1v) is 10.9. The van der Waals surface area contributed by atoms with Gasteiger partial charge in [-0.25, -0.2) is 4.79 Å². The van der Waals surface area contributed by atoms with Crippen molar-refractivity contribution in [1.29, 1.82) is 0 Å². The van der Waals surface area contributed by atoms with E-state index in [0.29, 0.717) is 43.5 Å². The highest BCUT2D eigenvalue weighted by Crippen LogP contribution is 2.36. The number of rotatable bonds is 8. The smallest absolute Gasteiger partial charge is 0.416 e. The molecule has 1 amide bonds. The number of morpholine rings is 1. The Bertz CT molecular complexity index is 1050. The predicted molar refractivity (Wildman–Crippen MR) is 122 cm³/mol. The molecule has 0 spiro atoms. The highest BCUT2D eigenvalue weighted by Gasteiger charge is 2.32. The number of halogens is 3. The Morgan fingerprint density at radius 1 is 1.11 bits per heavy atom. The number of ether oxygens (including phenoxy) is 4. The first-order valence-electron chi connectivity index (χ1n) is 10.9. The first kappa shape index (κ1) is 26.1. The fraction of sp³-hybridized carbons (Fsp3) is 0.417. The van der Waals surface area contributed by atoms with Gasteiger partial charge < -0.3 is 29.2 Å². The number of alkyl halides is 3. The van der Waals surface area contributed by atoms with E-state index in [-0.39, 0.29) is 5.69 Å². The highest BCUT2D eigenvalue weighted by molar-refractivity contribution is 5.98. The molecule has 1 unspecified atom stereocenters. The molecule has 2 aromatic rings. The molecule has 0 saturated carbocycles. The van der Waals surface area contributed by atoms with Gasteiger partial charge in [0, 0.05) is 13.1 Å². The minimum absolute atomic E-state index is 0.0322. The monoisotopic (exact) mass is 496 g/mol. The maximum absolute atomic E-state index is 13.3. The predicted octanol–water partition coefficient (Wildman–Crippen LogP) is 3.81. The molecule has 3 rings (SSSR count). The number of carbonyl (C=O) groups is 2. The van der Waals surface area contributed by atoms with Crippen LogP contribution in [0, 0.1) is 6.92 Å². The van der Waals surface area contributed by atoms with Crippen molar-refractivity contribution in [2.24, 2.45) is 0 Å². The number of nitrogens with zero attached hydrogens (tertiary/aromatic N) is 1. The summed E-state index contributed by atoms with van der Waals surface area (Å²) in [7, 11) is 1.46. The van der Waals surface area contributed by atoms with Crippen molar-refractivity contribution in [3.05, 3.63) is 47.5 Å². The van der Waals surface area contributed by atoms with Gasteiger partial charge in [0.25, 0.3) is 5.91 Å². The van der Waals surface area contributed by atoms with Crippen LogP contribution in [0.2, 0.25) is 0 Å². The zero-order chi connectivity index (χ0) is 25.6. The summed E-state index contributed by atoms with van der Waals surface area (Å²) in [6, 6.07) is 8.28. The molecule has 1 saturated heterocycles. The van der Waals surface area contributed by atoms with E-state index >= 15 is 0 Å². The third-order valence-corrected chi connectivity index (χ3v) is 5.28. The molecule has 1 atom stereocenters. The van der Waals surface area contributed by atoms with Crippen molar-refractivity contribution in [2.75, 3.05) is 50.2 Å². The Morgan fingerprint density at radius 3 is 2.49 bits per heavy atom. The molecule has 0 radical (unpaired) electrons. The molecule has 2 aromatic carbocycles. The summed E-state index contributed by atoms with van der Waals surface area (Å²) in [5.74, 6) is -0.845. The fourth-order valence-electron chi connectivity index (χ4n) is 3.44. The molecule has 1 N–H and O–H groups in total. The fourth-order valence-corrected chi connectivity index (χ4v) is 3.44. The van der Waals surface area contributed by atoms with Gasteiger partial charge in [-0.05, 0) is 49.7 Å². The minimum atomic E-state index is -4.59. The maximum Gasteiger partial charge on any atom is 0.416 e. The summed E-state index contributed by atoms with van der Waals surface area (Å²) < 4.78 is 60.8. The summed E-state index contributed by atoms with van der Waals surface area (Å²) >= 11 is 0. The van der Waals surface area contributed by atoms with E-state index in [1.165, 1.54) is 20.1 Å². The van der Waals surface area contributed by atoms with Crippen molar-refractivity contribution in [2.45, 2.75) is 26.1 Å². The lowest BCUT2D eigenvalue weighted by Crippen LogP contribution is -2.37. The molecule has 1 fully saturated rings. The Hall–Kier alpha value is -3.47. The third kappa shape index (κ3) is 7.01. The van der Waals surface area contributed by atoms with Crippen LogP contribution in [0.4, 0.5) is 24.5 Å². The van der Waals surface area contributed by atoms with E-state index in [2.05, 4.69) is 5.32 Å². The Morgan fingerprint density at radius 2 is 1.83 bits per heavy atom.